The van der Waals surface area contributed by atoms with Crippen LogP contribution in [0.3, 0.4) is 0 Å². The molecule has 0 aliphatic carbocycles. The van der Waals surface area contributed by atoms with Gasteiger partial charge in [0.2, 0.25) is 0 Å². The monoisotopic (exact) mass is 263 g/mol. The number of nitrogens with one attached hydrogen (secondary N) is 1. The van der Waals surface area contributed by atoms with Crippen molar-refractivity contribution in [2.45, 2.75) is 13.5 Å². The summed E-state index contributed by atoms with van der Waals surface area (Å²) in [5.41, 5.74) is 1.92. The zero-order valence-corrected chi connectivity index (χ0v) is 10.7. The van der Waals surface area contributed by atoms with E-state index in [-0.39, 0.29) is 0 Å². The summed E-state index contributed by atoms with van der Waals surface area (Å²) in [5, 5.41) is 16.9. The van der Waals surface area contributed by atoms with E-state index in [1.54, 1.807) is 12.1 Å². The van der Waals surface area contributed by atoms with Crippen LogP contribution in [0.25, 0.3) is 0 Å². The summed E-state index contributed by atoms with van der Waals surface area (Å²) in [7, 11) is 0. The van der Waals surface area contributed by atoms with E-state index in [2.05, 4.69) is 32.6 Å². The van der Waals surface area contributed by atoms with Crippen LogP contribution in [0.5, 0.6) is 0 Å². The molecular formula is C11H17N7O. The molecule has 0 amide bonds. The molecule has 19 heavy (non-hydrogen) atoms. The van der Waals surface area contributed by atoms with Crippen molar-refractivity contribution in [3.05, 3.63) is 36.2 Å². The quantitative estimate of drug-likeness (QED) is 0.302. The Morgan fingerprint density at radius 1 is 1.26 bits per heavy atom. The van der Waals surface area contributed by atoms with Crippen LogP contribution >= 0.6 is 0 Å². The van der Waals surface area contributed by atoms with Crippen LogP contribution < -0.4 is 17.0 Å². The topological polar surface area (TPSA) is 123 Å². The summed E-state index contributed by atoms with van der Waals surface area (Å²) in [5.74, 6) is 10.6. The lowest BCUT2D eigenvalue weighted by Gasteiger charge is -2.10. The van der Waals surface area contributed by atoms with E-state index in [1.807, 2.05) is 13.0 Å². The first kappa shape index (κ1) is 14.4. The van der Waals surface area contributed by atoms with Crippen LogP contribution in [0.4, 0.5) is 11.4 Å². The van der Waals surface area contributed by atoms with Gasteiger partial charge in [0.15, 0.2) is 5.88 Å². The number of rotatable bonds is 7. The Kier molecular flexibility index (Phi) is 5.80. The van der Waals surface area contributed by atoms with Crippen LogP contribution in [0.15, 0.2) is 51.3 Å². The number of nitrogens with two attached hydrogens (primary N) is 2. The maximum atomic E-state index is 5.19. The minimum atomic E-state index is 0.484. The maximum absolute atomic E-state index is 5.19. The molecule has 0 radical (unpaired) electrons. The largest absolute Gasteiger partial charge is 0.480 e. The molecule has 0 unspecified atom stereocenters. The fraction of sp³-hybridized carbons (Fsp3) is 0.273. The predicted molar refractivity (Wildman–Crippen MR) is 71.5 cm³/mol. The Balaban J connectivity index is 2.80. The Morgan fingerprint density at radius 3 is 2.58 bits per heavy atom. The molecule has 8 nitrogen and oxygen atoms in total. The van der Waals surface area contributed by atoms with Crippen LogP contribution in [-0.2, 0) is 11.3 Å². The molecule has 102 valence electrons. The number of ether oxygens (including phenoxy) is 1. The molecule has 0 aromatic heterocycles. The minimum Gasteiger partial charge on any atom is -0.480 e. The van der Waals surface area contributed by atoms with Crippen molar-refractivity contribution in [2.75, 3.05) is 6.61 Å². The minimum absolute atomic E-state index is 0.484. The van der Waals surface area contributed by atoms with Gasteiger partial charge in [0, 0.05) is 6.54 Å². The molecule has 5 N–H and O–H groups in total. The van der Waals surface area contributed by atoms with Crippen LogP contribution in [0.2, 0.25) is 0 Å². The van der Waals surface area contributed by atoms with Gasteiger partial charge < -0.3 is 21.7 Å². The average Bonchev–Trinajstić information content (AvgIpc) is 2.40. The Morgan fingerprint density at radius 2 is 1.95 bits per heavy atom. The normalized spacial score (nSPS) is 11.0. The van der Waals surface area contributed by atoms with E-state index >= 15 is 0 Å². The van der Waals surface area contributed by atoms with Gasteiger partial charge in [-0.15, -0.1) is 10.2 Å². The number of nitrogens with zero attached hydrogens (tertiary/aromatic N) is 4. The summed E-state index contributed by atoms with van der Waals surface area (Å²) in [4.78, 5) is 0. The van der Waals surface area contributed by atoms with Crippen LogP contribution in [0.1, 0.15) is 12.5 Å². The summed E-state index contributed by atoms with van der Waals surface area (Å²) in [6, 6.07) is 5.35. The highest BCUT2D eigenvalue weighted by molar-refractivity contribution is 5.62. The number of benzene rings is 1. The molecule has 0 saturated carbocycles. The van der Waals surface area contributed by atoms with E-state index in [9.17, 15) is 0 Å². The molecule has 0 saturated heterocycles. The third-order valence-corrected chi connectivity index (χ3v) is 2.18. The summed E-state index contributed by atoms with van der Waals surface area (Å²) < 4.78 is 5.19. The Bertz CT molecular complexity index is 484. The van der Waals surface area contributed by atoms with Crippen LogP contribution in [-0.4, -0.2) is 6.61 Å². The number of hydrogen-bond acceptors (Lipinski definition) is 6. The van der Waals surface area contributed by atoms with Gasteiger partial charge in [-0.3, -0.25) is 0 Å². The van der Waals surface area contributed by atoms with Gasteiger partial charge >= 0.3 is 0 Å². The summed E-state index contributed by atoms with van der Waals surface area (Å²) in [6.07, 6.45) is 0. The predicted octanol–water partition coefficient (Wildman–Crippen LogP) is 2.20. The summed E-state index contributed by atoms with van der Waals surface area (Å²) >= 11 is 0. The second-order valence-corrected chi connectivity index (χ2v) is 3.46. The average molecular weight is 263 g/mol. The van der Waals surface area contributed by atoms with Crippen LogP contribution in [0, 0.1) is 0 Å². The molecule has 0 atom stereocenters. The van der Waals surface area contributed by atoms with Crippen molar-refractivity contribution in [3.8, 4) is 0 Å². The van der Waals surface area contributed by atoms with E-state index in [4.69, 9.17) is 16.4 Å². The van der Waals surface area contributed by atoms with Crippen molar-refractivity contribution >= 4 is 11.4 Å². The molecule has 0 heterocycles. The molecule has 0 aliphatic rings. The van der Waals surface area contributed by atoms with E-state index in [0.29, 0.717) is 30.4 Å². The Labute approximate surface area is 111 Å². The first-order valence-corrected chi connectivity index (χ1v) is 5.61. The smallest absolute Gasteiger partial charge is 0.179 e. The van der Waals surface area contributed by atoms with Gasteiger partial charge in [-0.25, -0.2) is 0 Å². The van der Waals surface area contributed by atoms with E-state index in [0.717, 1.165) is 5.56 Å². The zero-order chi connectivity index (χ0) is 14.1. The fourth-order valence-electron chi connectivity index (χ4n) is 1.39. The number of hydrogen-bond donors (Lipinski definition) is 3. The molecule has 0 spiro atoms. The molecule has 8 heteroatoms. The second-order valence-electron chi connectivity index (χ2n) is 3.46. The molecule has 1 rings (SSSR count). The lowest BCUT2D eigenvalue weighted by Crippen LogP contribution is -2.14. The maximum Gasteiger partial charge on any atom is 0.179 e. The zero-order valence-electron chi connectivity index (χ0n) is 10.7. The highest BCUT2D eigenvalue weighted by atomic mass is 16.5. The third kappa shape index (κ3) is 4.62. The highest BCUT2D eigenvalue weighted by Gasteiger charge is 2.04. The van der Waals surface area contributed by atoms with Crippen molar-refractivity contribution < 1.29 is 4.74 Å². The third-order valence-electron chi connectivity index (χ3n) is 2.18. The van der Waals surface area contributed by atoms with Gasteiger partial charge in [0.05, 0.1) is 6.61 Å². The van der Waals surface area contributed by atoms with Gasteiger partial charge in [0.1, 0.15) is 11.4 Å². The highest BCUT2D eigenvalue weighted by Crippen LogP contribution is 2.29. The lowest BCUT2D eigenvalue weighted by molar-refractivity contribution is 0.207. The van der Waals surface area contributed by atoms with Crippen molar-refractivity contribution in [2.24, 2.45) is 32.4 Å². The first-order chi connectivity index (χ1) is 9.21. The molecular weight excluding hydrogens is 246 g/mol. The lowest BCUT2D eigenvalue weighted by atomic mass is 10.2. The fourth-order valence-corrected chi connectivity index (χ4v) is 1.39. The standard InChI is InChI=1S/C11H17N7O/c1-3-19-8(2)14-7-9-4-5-10(15-17-12)11(6-9)16-18-13/h4-6,14H,2-3,7H2,1H3,(H2,12,15)(H2,13,16). The van der Waals surface area contributed by atoms with Crippen molar-refractivity contribution in [3.63, 3.8) is 0 Å². The van der Waals surface area contributed by atoms with E-state index < -0.39 is 0 Å². The second kappa shape index (κ2) is 7.64. The molecule has 1 aromatic carbocycles. The molecule has 0 aliphatic heterocycles. The van der Waals surface area contributed by atoms with Crippen molar-refractivity contribution in [1.29, 1.82) is 0 Å². The van der Waals surface area contributed by atoms with Gasteiger partial charge in [-0.1, -0.05) is 16.5 Å². The van der Waals surface area contributed by atoms with Gasteiger partial charge in [0.25, 0.3) is 0 Å². The summed E-state index contributed by atoms with van der Waals surface area (Å²) in [6.45, 7) is 6.71. The Hall–Kier alpha value is -2.64. The molecule has 0 fully saturated rings. The van der Waals surface area contributed by atoms with Gasteiger partial charge in [-0.05, 0) is 31.2 Å². The van der Waals surface area contributed by atoms with Gasteiger partial charge in [-0.2, -0.15) is 0 Å². The molecule has 0 bridgehead atoms. The molecule has 1 aromatic rings. The van der Waals surface area contributed by atoms with E-state index in [1.165, 1.54) is 0 Å². The van der Waals surface area contributed by atoms with Crippen molar-refractivity contribution in [1.82, 2.24) is 5.32 Å². The SMILES string of the molecule is C=C(NCc1ccc(N=NN)c(N=NN)c1)OCC. The first-order valence-electron chi connectivity index (χ1n) is 5.61.